The standard InChI is InChI=1S/C18H21FN2O3S2/c19-15-8-10-17(11-9-15)26(23,24)21-12-4-7-18(22)20-13-14-25-16-5-2-1-3-6-16/h1-3,5-6,8-11,21H,4,7,12-14H2,(H,20,22). The van der Waals surface area contributed by atoms with Gasteiger partial charge in [0.15, 0.2) is 0 Å². The van der Waals surface area contributed by atoms with E-state index < -0.39 is 15.8 Å². The van der Waals surface area contributed by atoms with Gasteiger partial charge in [-0.1, -0.05) is 18.2 Å². The number of amides is 1. The van der Waals surface area contributed by atoms with Crippen LogP contribution in [0, 0.1) is 5.82 Å². The number of hydrogen-bond acceptors (Lipinski definition) is 4. The van der Waals surface area contributed by atoms with Gasteiger partial charge in [0.1, 0.15) is 5.82 Å². The molecule has 2 rings (SSSR count). The van der Waals surface area contributed by atoms with Crippen LogP contribution in [0.25, 0.3) is 0 Å². The Morgan fingerprint density at radius 3 is 2.38 bits per heavy atom. The second-order valence-corrected chi connectivity index (χ2v) is 8.40. The molecule has 0 aromatic heterocycles. The van der Waals surface area contributed by atoms with E-state index in [1.165, 1.54) is 12.1 Å². The highest BCUT2D eigenvalue weighted by Crippen LogP contribution is 2.15. The van der Waals surface area contributed by atoms with Crippen LogP contribution in [-0.4, -0.2) is 33.2 Å². The highest BCUT2D eigenvalue weighted by atomic mass is 32.2. The van der Waals surface area contributed by atoms with Crippen molar-refractivity contribution in [1.29, 1.82) is 0 Å². The van der Waals surface area contributed by atoms with Gasteiger partial charge in [0.2, 0.25) is 15.9 Å². The summed E-state index contributed by atoms with van der Waals surface area (Å²) in [6.45, 7) is 0.700. The van der Waals surface area contributed by atoms with E-state index in [4.69, 9.17) is 0 Å². The summed E-state index contributed by atoms with van der Waals surface area (Å²) in [7, 11) is -3.68. The maximum atomic E-state index is 12.8. The number of halogens is 1. The second kappa shape index (κ2) is 10.3. The molecule has 1 amide bonds. The summed E-state index contributed by atoms with van der Waals surface area (Å²) in [4.78, 5) is 12.9. The number of thioether (sulfide) groups is 1. The molecule has 2 N–H and O–H groups in total. The Bertz CT molecular complexity index is 797. The topological polar surface area (TPSA) is 75.3 Å². The summed E-state index contributed by atoms with van der Waals surface area (Å²) in [5, 5.41) is 2.81. The Labute approximate surface area is 157 Å². The summed E-state index contributed by atoms with van der Waals surface area (Å²) >= 11 is 1.66. The van der Waals surface area contributed by atoms with Gasteiger partial charge in [-0.25, -0.2) is 17.5 Å². The zero-order chi connectivity index (χ0) is 18.8. The number of hydrogen-bond donors (Lipinski definition) is 2. The Balaban J connectivity index is 1.60. The van der Waals surface area contributed by atoms with Crippen molar-refractivity contribution in [2.45, 2.75) is 22.6 Å². The summed E-state index contributed by atoms with van der Waals surface area (Å²) in [6.07, 6.45) is 0.625. The van der Waals surface area contributed by atoms with E-state index in [0.29, 0.717) is 13.0 Å². The van der Waals surface area contributed by atoms with Crippen molar-refractivity contribution in [3.05, 3.63) is 60.4 Å². The summed E-state index contributed by atoms with van der Waals surface area (Å²) in [5.74, 6) is 0.165. The first-order chi connectivity index (χ1) is 12.5. The normalized spacial score (nSPS) is 11.3. The molecule has 0 aliphatic rings. The molecule has 0 radical (unpaired) electrons. The molecule has 2 aromatic carbocycles. The lowest BCUT2D eigenvalue weighted by Crippen LogP contribution is -2.28. The van der Waals surface area contributed by atoms with E-state index in [1.807, 2.05) is 30.3 Å². The van der Waals surface area contributed by atoms with Gasteiger partial charge in [0.05, 0.1) is 4.90 Å². The Hall–Kier alpha value is -1.90. The summed E-state index contributed by atoms with van der Waals surface area (Å²) in [5.41, 5.74) is 0. The van der Waals surface area contributed by atoms with Crippen molar-refractivity contribution in [1.82, 2.24) is 10.0 Å². The average Bonchev–Trinajstić information content (AvgIpc) is 2.64. The smallest absolute Gasteiger partial charge is 0.240 e. The number of carbonyl (C=O) groups is 1. The number of carbonyl (C=O) groups excluding carboxylic acids is 1. The molecule has 8 heteroatoms. The third-order valence-corrected chi connectivity index (χ3v) is 5.92. The quantitative estimate of drug-likeness (QED) is 0.478. The van der Waals surface area contributed by atoms with E-state index >= 15 is 0 Å². The highest BCUT2D eigenvalue weighted by Gasteiger charge is 2.13. The molecule has 2 aromatic rings. The first-order valence-electron chi connectivity index (χ1n) is 8.17. The Kier molecular flexibility index (Phi) is 8.08. The molecule has 0 saturated carbocycles. The van der Waals surface area contributed by atoms with E-state index in [-0.39, 0.29) is 23.8 Å². The fourth-order valence-electron chi connectivity index (χ4n) is 2.12. The molecule has 0 bridgehead atoms. The molecular formula is C18H21FN2O3S2. The summed E-state index contributed by atoms with van der Waals surface area (Å²) < 4.78 is 39.2. The number of benzene rings is 2. The SMILES string of the molecule is O=C(CCCNS(=O)(=O)c1ccc(F)cc1)NCCSc1ccccc1. The zero-order valence-corrected chi connectivity index (χ0v) is 15.8. The molecule has 5 nitrogen and oxygen atoms in total. The zero-order valence-electron chi connectivity index (χ0n) is 14.2. The van der Waals surface area contributed by atoms with Crippen LogP contribution < -0.4 is 10.0 Å². The van der Waals surface area contributed by atoms with Crippen LogP contribution in [0.5, 0.6) is 0 Å². The van der Waals surface area contributed by atoms with Gasteiger partial charge in [0, 0.05) is 30.2 Å². The van der Waals surface area contributed by atoms with Crippen molar-refractivity contribution in [2.24, 2.45) is 0 Å². The van der Waals surface area contributed by atoms with Crippen molar-refractivity contribution in [3.63, 3.8) is 0 Å². The Morgan fingerprint density at radius 1 is 1.00 bits per heavy atom. The molecule has 0 atom stereocenters. The first-order valence-corrected chi connectivity index (χ1v) is 10.6. The van der Waals surface area contributed by atoms with Crippen LogP contribution in [0.2, 0.25) is 0 Å². The van der Waals surface area contributed by atoms with Crippen molar-refractivity contribution in [3.8, 4) is 0 Å². The second-order valence-electron chi connectivity index (χ2n) is 5.47. The van der Waals surface area contributed by atoms with Crippen LogP contribution >= 0.6 is 11.8 Å². The summed E-state index contributed by atoms with van der Waals surface area (Å²) in [6, 6.07) is 14.5. The van der Waals surface area contributed by atoms with E-state index in [2.05, 4.69) is 10.0 Å². The molecule has 0 heterocycles. The number of rotatable bonds is 10. The van der Waals surface area contributed by atoms with Crippen LogP contribution in [-0.2, 0) is 14.8 Å². The first kappa shape index (κ1) is 20.4. The minimum Gasteiger partial charge on any atom is -0.355 e. The minimum atomic E-state index is -3.68. The third-order valence-electron chi connectivity index (χ3n) is 3.43. The van der Waals surface area contributed by atoms with Crippen LogP contribution in [0.3, 0.4) is 0 Å². The molecule has 0 spiro atoms. The van der Waals surface area contributed by atoms with Gasteiger partial charge in [0.25, 0.3) is 0 Å². The van der Waals surface area contributed by atoms with Gasteiger partial charge >= 0.3 is 0 Å². The average molecular weight is 397 g/mol. The molecule has 140 valence electrons. The van der Waals surface area contributed by atoms with E-state index in [9.17, 15) is 17.6 Å². The van der Waals surface area contributed by atoms with Crippen LogP contribution in [0.4, 0.5) is 4.39 Å². The lowest BCUT2D eigenvalue weighted by molar-refractivity contribution is -0.121. The minimum absolute atomic E-state index is 0.00119. The largest absolute Gasteiger partial charge is 0.355 e. The fraction of sp³-hybridized carbons (Fsp3) is 0.278. The molecular weight excluding hydrogens is 375 g/mol. The predicted octanol–water partition coefficient (Wildman–Crippen LogP) is 2.79. The lowest BCUT2D eigenvalue weighted by Gasteiger charge is -2.07. The van der Waals surface area contributed by atoms with Gasteiger partial charge in [-0.05, 0) is 42.8 Å². The lowest BCUT2D eigenvalue weighted by atomic mass is 10.3. The maximum absolute atomic E-state index is 12.8. The highest BCUT2D eigenvalue weighted by molar-refractivity contribution is 7.99. The molecule has 0 unspecified atom stereocenters. The Morgan fingerprint density at radius 2 is 1.69 bits per heavy atom. The predicted molar refractivity (Wildman–Crippen MR) is 101 cm³/mol. The van der Waals surface area contributed by atoms with Crippen molar-refractivity contribution in [2.75, 3.05) is 18.8 Å². The van der Waals surface area contributed by atoms with E-state index in [0.717, 1.165) is 22.8 Å². The van der Waals surface area contributed by atoms with Crippen LogP contribution in [0.15, 0.2) is 64.4 Å². The van der Waals surface area contributed by atoms with Gasteiger partial charge in [-0.2, -0.15) is 0 Å². The molecule has 0 saturated heterocycles. The van der Waals surface area contributed by atoms with Crippen molar-refractivity contribution >= 4 is 27.7 Å². The molecule has 0 fully saturated rings. The van der Waals surface area contributed by atoms with E-state index in [1.54, 1.807) is 11.8 Å². The number of sulfonamides is 1. The third kappa shape index (κ3) is 7.15. The molecule has 0 aliphatic heterocycles. The molecule has 26 heavy (non-hydrogen) atoms. The monoisotopic (exact) mass is 396 g/mol. The molecule has 0 aliphatic carbocycles. The van der Waals surface area contributed by atoms with Gasteiger partial charge < -0.3 is 5.32 Å². The maximum Gasteiger partial charge on any atom is 0.240 e. The van der Waals surface area contributed by atoms with Crippen molar-refractivity contribution < 1.29 is 17.6 Å². The van der Waals surface area contributed by atoms with Gasteiger partial charge in [-0.15, -0.1) is 11.8 Å². The van der Waals surface area contributed by atoms with Gasteiger partial charge in [-0.3, -0.25) is 4.79 Å². The number of nitrogens with one attached hydrogen (secondary N) is 2. The fourth-order valence-corrected chi connectivity index (χ4v) is 3.98. The van der Waals surface area contributed by atoms with Crippen LogP contribution in [0.1, 0.15) is 12.8 Å².